The van der Waals surface area contributed by atoms with Crippen LogP contribution in [0.3, 0.4) is 0 Å². The van der Waals surface area contributed by atoms with Gasteiger partial charge in [-0.15, -0.1) is 25.3 Å². The minimum Gasteiger partial charge on any atom is -0.481 e. The number of carboxylic acids is 1. The highest BCUT2D eigenvalue weighted by molar-refractivity contribution is 7.81. The second-order valence-electron chi connectivity index (χ2n) is 3.88. The largest absolute Gasteiger partial charge is 0.481 e. The molecule has 0 aromatic heterocycles. The molecule has 0 atom stereocenters. The van der Waals surface area contributed by atoms with E-state index in [2.05, 4.69) is 25.3 Å². The van der Waals surface area contributed by atoms with Crippen LogP contribution >= 0.6 is 25.3 Å². The fraction of sp³-hybridized carbons (Fsp3) is 0.364. The molecule has 0 unspecified atom stereocenters. The average molecular weight is 240 g/mol. The highest BCUT2D eigenvalue weighted by Gasteiger charge is 2.26. The molecule has 2 rings (SSSR count). The highest BCUT2D eigenvalue weighted by Crippen LogP contribution is 2.43. The number of rotatable bonds is 3. The Balaban J connectivity index is 2.36. The van der Waals surface area contributed by atoms with E-state index in [1.165, 1.54) is 18.4 Å². The summed E-state index contributed by atoms with van der Waals surface area (Å²) >= 11 is 8.65. The standard InChI is InChI=1S/C11H12O2S2/c12-11(13)4-7-3-8(6-1-2-6)10(15)5-9(7)14/h3,5-6,14-15H,1-2,4H2,(H,12,13). The molecular formula is C11H12O2S2. The first-order valence-electron chi connectivity index (χ1n) is 4.84. The zero-order valence-electron chi connectivity index (χ0n) is 8.10. The van der Waals surface area contributed by atoms with Crippen LogP contribution in [0, 0.1) is 0 Å². The van der Waals surface area contributed by atoms with Gasteiger partial charge in [0.2, 0.25) is 0 Å². The maximum Gasteiger partial charge on any atom is 0.307 e. The van der Waals surface area contributed by atoms with E-state index in [-0.39, 0.29) is 6.42 Å². The molecule has 1 saturated carbocycles. The fourth-order valence-corrected chi connectivity index (χ4v) is 2.42. The Morgan fingerprint density at radius 3 is 2.53 bits per heavy atom. The van der Waals surface area contributed by atoms with Gasteiger partial charge in [0.15, 0.2) is 0 Å². The fourth-order valence-electron chi connectivity index (χ4n) is 1.67. The molecule has 0 bridgehead atoms. The Labute approximate surface area is 99.5 Å². The molecule has 0 saturated heterocycles. The van der Waals surface area contributed by atoms with Gasteiger partial charge >= 0.3 is 5.97 Å². The van der Waals surface area contributed by atoms with Crippen LogP contribution < -0.4 is 0 Å². The lowest BCUT2D eigenvalue weighted by Crippen LogP contribution is -2.02. The van der Waals surface area contributed by atoms with Crippen molar-refractivity contribution in [2.75, 3.05) is 0 Å². The topological polar surface area (TPSA) is 37.3 Å². The Bertz CT molecular complexity index is 411. The van der Waals surface area contributed by atoms with Crippen LogP contribution in [0.25, 0.3) is 0 Å². The third-order valence-corrected chi connectivity index (χ3v) is 3.39. The molecule has 2 nitrogen and oxygen atoms in total. The highest BCUT2D eigenvalue weighted by atomic mass is 32.1. The number of hydrogen-bond donors (Lipinski definition) is 3. The summed E-state index contributed by atoms with van der Waals surface area (Å²) in [6.45, 7) is 0. The molecule has 1 N–H and O–H groups in total. The number of carbonyl (C=O) groups is 1. The van der Waals surface area contributed by atoms with Crippen molar-refractivity contribution in [1.29, 1.82) is 0 Å². The minimum atomic E-state index is -0.820. The predicted octanol–water partition coefficient (Wildman–Crippen LogP) is 2.77. The first kappa shape index (κ1) is 10.9. The van der Waals surface area contributed by atoms with Gasteiger partial charge in [-0.05, 0) is 36.0 Å². The van der Waals surface area contributed by atoms with Gasteiger partial charge in [0.25, 0.3) is 0 Å². The van der Waals surface area contributed by atoms with Gasteiger partial charge in [-0.1, -0.05) is 6.07 Å². The summed E-state index contributed by atoms with van der Waals surface area (Å²) in [7, 11) is 0. The third-order valence-electron chi connectivity index (χ3n) is 2.59. The molecule has 1 aliphatic rings. The van der Waals surface area contributed by atoms with E-state index in [0.29, 0.717) is 10.8 Å². The average Bonchev–Trinajstić information content (AvgIpc) is 2.92. The molecule has 1 aliphatic carbocycles. The van der Waals surface area contributed by atoms with Gasteiger partial charge in [-0.3, -0.25) is 4.79 Å². The zero-order valence-corrected chi connectivity index (χ0v) is 9.89. The van der Waals surface area contributed by atoms with Gasteiger partial charge in [0, 0.05) is 9.79 Å². The van der Waals surface area contributed by atoms with Crippen molar-refractivity contribution in [1.82, 2.24) is 0 Å². The molecule has 0 heterocycles. The van der Waals surface area contributed by atoms with E-state index in [4.69, 9.17) is 5.11 Å². The van der Waals surface area contributed by atoms with E-state index in [1.807, 2.05) is 12.1 Å². The summed E-state index contributed by atoms with van der Waals surface area (Å²) in [4.78, 5) is 12.3. The lowest BCUT2D eigenvalue weighted by molar-refractivity contribution is -0.136. The van der Waals surface area contributed by atoms with E-state index >= 15 is 0 Å². The molecule has 1 fully saturated rings. The molecule has 1 aromatic rings. The van der Waals surface area contributed by atoms with Gasteiger partial charge in [-0.25, -0.2) is 0 Å². The van der Waals surface area contributed by atoms with E-state index in [0.717, 1.165) is 10.5 Å². The third kappa shape index (κ3) is 2.49. The second kappa shape index (κ2) is 4.10. The van der Waals surface area contributed by atoms with Crippen LogP contribution in [0.4, 0.5) is 0 Å². The van der Waals surface area contributed by atoms with Crippen molar-refractivity contribution in [3.8, 4) is 0 Å². The first-order chi connectivity index (χ1) is 7.08. The van der Waals surface area contributed by atoms with Crippen molar-refractivity contribution in [3.63, 3.8) is 0 Å². The second-order valence-corrected chi connectivity index (χ2v) is 4.85. The Morgan fingerprint density at radius 1 is 1.33 bits per heavy atom. The molecule has 80 valence electrons. The quantitative estimate of drug-likeness (QED) is 0.711. The minimum absolute atomic E-state index is 0.0343. The SMILES string of the molecule is O=C(O)Cc1cc(C2CC2)c(S)cc1S. The Kier molecular flexibility index (Phi) is 2.98. The number of thiol groups is 2. The monoisotopic (exact) mass is 240 g/mol. The van der Waals surface area contributed by atoms with Crippen molar-refractivity contribution in [2.45, 2.75) is 35.0 Å². The lowest BCUT2D eigenvalue weighted by atomic mass is 10.0. The smallest absolute Gasteiger partial charge is 0.307 e. The summed E-state index contributed by atoms with van der Waals surface area (Å²) in [5.74, 6) is -0.238. The van der Waals surface area contributed by atoms with Gasteiger partial charge in [0.05, 0.1) is 6.42 Å². The number of benzene rings is 1. The number of aliphatic carboxylic acids is 1. The molecule has 0 amide bonds. The molecular weight excluding hydrogens is 228 g/mol. The van der Waals surface area contributed by atoms with Gasteiger partial charge < -0.3 is 5.11 Å². The zero-order chi connectivity index (χ0) is 11.0. The van der Waals surface area contributed by atoms with E-state index < -0.39 is 5.97 Å². The van der Waals surface area contributed by atoms with E-state index in [1.54, 1.807) is 0 Å². The maximum absolute atomic E-state index is 10.6. The number of carboxylic acid groups (broad SMARTS) is 1. The van der Waals surface area contributed by atoms with Crippen LogP contribution in [0.1, 0.15) is 29.9 Å². The summed E-state index contributed by atoms with van der Waals surface area (Å²) in [5, 5.41) is 8.75. The molecule has 4 heteroatoms. The molecule has 0 spiro atoms. The van der Waals surface area contributed by atoms with Crippen molar-refractivity contribution >= 4 is 31.2 Å². The predicted molar refractivity (Wildman–Crippen MR) is 64.3 cm³/mol. The summed E-state index contributed by atoms with van der Waals surface area (Å²) < 4.78 is 0. The van der Waals surface area contributed by atoms with E-state index in [9.17, 15) is 4.79 Å². The molecule has 0 radical (unpaired) electrons. The van der Waals surface area contributed by atoms with Crippen LogP contribution in [-0.4, -0.2) is 11.1 Å². The van der Waals surface area contributed by atoms with Gasteiger partial charge in [-0.2, -0.15) is 0 Å². The summed E-state index contributed by atoms with van der Waals surface area (Å²) in [6, 6.07) is 3.79. The summed E-state index contributed by atoms with van der Waals surface area (Å²) in [6.07, 6.45) is 2.41. The molecule has 1 aromatic carbocycles. The molecule has 15 heavy (non-hydrogen) atoms. The number of hydrogen-bond acceptors (Lipinski definition) is 3. The van der Waals surface area contributed by atoms with Crippen molar-refractivity contribution < 1.29 is 9.90 Å². The molecule has 0 aliphatic heterocycles. The van der Waals surface area contributed by atoms with Crippen molar-refractivity contribution in [2.24, 2.45) is 0 Å². The van der Waals surface area contributed by atoms with Crippen LogP contribution in [0.5, 0.6) is 0 Å². The van der Waals surface area contributed by atoms with Crippen LogP contribution in [0.2, 0.25) is 0 Å². The Morgan fingerprint density at radius 2 is 2.00 bits per heavy atom. The first-order valence-corrected chi connectivity index (χ1v) is 5.74. The van der Waals surface area contributed by atoms with Gasteiger partial charge in [0.1, 0.15) is 0 Å². The Hall–Kier alpha value is -0.610. The maximum atomic E-state index is 10.6. The van der Waals surface area contributed by atoms with Crippen LogP contribution in [-0.2, 0) is 11.2 Å². The lowest BCUT2D eigenvalue weighted by Gasteiger charge is -2.09. The normalized spacial score (nSPS) is 15.3. The van der Waals surface area contributed by atoms with Crippen molar-refractivity contribution in [3.05, 3.63) is 23.3 Å². The van der Waals surface area contributed by atoms with Crippen LogP contribution in [0.15, 0.2) is 21.9 Å². The summed E-state index contributed by atoms with van der Waals surface area (Å²) in [5.41, 5.74) is 1.96.